The lowest BCUT2D eigenvalue weighted by Gasteiger charge is -2.10. The van der Waals surface area contributed by atoms with E-state index in [1.54, 1.807) is 12.4 Å². The van der Waals surface area contributed by atoms with Gasteiger partial charge in [0.25, 0.3) is 0 Å². The number of ketones is 1. The number of Topliss-reactive ketones (excluding diaryl/α,β-unsaturated/α-hetero) is 1. The van der Waals surface area contributed by atoms with Crippen LogP contribution in [-0.4, -0.2) is 10.8 Å². The van der Waals surface area contributed by atoms with Crippen molar-refractivity contribution < 1.29 is 4.79 Å². The average Bonchev–Trinajstić information content (AvgIpc) is 2.18. The first-order valence-corrected chi connectivity index (χ1v) is 5.11. The van der Waals surface area contributed by atoms with Crippen molar-refractivity contribution in [3.05, 3.63) is 29.6 Å². The molecule has 0 fully saturated rings. The van der Waals surface area contributed by atoms with Gasteiger partial charge in [0.2, 0.25) is 0 Å². The predicted molar refractivity (Wildman–Crippen MR) is 57.4 cm³/mol. The van der Waals surface area contributed by atoms with Crippen molar-refractivity contribution in [2.24, 2.45) is 5.92 Å². The number of pyridine rings is 1. The minimum atomic E-state index is 0.114. The zero-order valence-corrected chi connectivity index (χ0v) is 9.08. The normalized spacial score (nSPS) is 12.5. The molecule has 0 aromatic carbocycles. The Labute approximate surface area is 85.4 Å². The fourth-order valence-corrected chi connectivity index (χ4v) is 1.55. The van der Waals surface area contributed by atoms with Gasteiger partial charge < -0.3 is 0 Å². The zero-order valence-electron chi connectivity index (χ0n) is 9.08. The van der Waals surface area contributed by atoms with Gasteiger partial charge in [-0.15, -0.1) is 0 Å². The van der Waals surface area contributed by atoms with Crippen LogP contribution in [0.4, 0.5) is 0 Å². The predicted octanol–water partition coefficient (Wildman–Crippen LogP) is 3.01. The Bertz CT molecular complexity index is 320. The Morgan fingerprint density at radius 3 is 2.86 bits per heavy atom. The van der Waals surface area contributed by atoms with Gasteiger partial charge >= 0.3 is 0 Å². The van der Waals surface area contributed by atoms with Gasteiger partial charge in [0.05, 0.1) is 0 Å². The van der Waals surface area contributed by atoms with Crippen LogP contribution in [-0.2, 0) is 0 Å². The van der Waals surface area contributed by atoms with Gasteiger partial charge in [-0.05, 0) is 25.0 Å². The van der Waals surface area contributed by atoms with Gasteiger partial charge in [0.1, 0.15) is 0 Å². The van der Waals surface area contributed by atoms with Crippen LogP contribution in [0, 0.1) is 12.8 Å². The summed E-state index contributed by atoms with van der Waals surface area (Å²) in [6, 6.07) is 1.88. The third-order valence-electron chi connectivity index (χ3n) is 2.47. The lowest BCUT2D eigenvalue weighted by molar-refractivity contribution is 0.0922. The molecule has 1 aromatic rings. The van der Waals surface area contributed by atoms with Crippen LogP contribution in [0.3, 0.4) is 0 Å². The van der Waals surface area contributed by atoms with Crippen molar-refractivity contribution in [2.75, 3.05) is 0 Å². The molecule has 0 saturated carbocycles. The molecule has 0 aliphatic carbocycles. The molecule has 0 saturated heterocycles. The Hall–Kier alpha value is -1.18. The molecule has 2 nitrogen and oxygen atoms in total. The highest BCUT2D eigenvalue weighted by Crippen LogP contribution is 2.15. The number of aromatic nitrogens is 1. The summed E-state index contributed by atoms with van der Waals surface area (Å²) in [4.78, 5) is 15.9. The van der Waals surface area contributed by atoms with Crippen LogP contribution in [0.2, 0.25) is 0 Å². The van der Waals surface area contributed by atoms with Gasteiger partial charge in [-0.3, -0.25) is 9.78 Å². The van der Waals surface area contributed by atoms with E-state index in [2.05, 4.69) is 11.9 Å². The van der Waals surface area contributed by atoms with E-state index in [9.17, 15) is 4.79 Å². The molecule has 76 valence electrons. The van der Waals surface area contributed by atoms with E-state index in [0.717, 1.165) is 24.0 Å². The maximum atomic E-state index is 11.9. The summed E-state index contributed by atoms with van der Waals surface area (Å²) >= 11 is 0. The molecule has 1 atom stereocenters. The van der Waals surface area contributed by atoms with Gasteiger partial charge in [-0.25, -0.2) is 0 Å². The summed E-state index contributed by atoms with van der Waals surface area (Å²) in [5.74, 6) is 0.334. The molecule has 0 aliphatic rings. The molecule has 1 unspecified atom stereocenters. The second-order valence-corrected chi connectivity index (χ2v) is 3.74. The van der Waals surface area contributed by atoms with Gasteiger partial charge in [0.15, 0.2) is 5.78 Å². The molecule has 0 amide bonds. The van der Waals surface area contributed by atoms with Crippen LogP contribution < -0.4 is 0 Å². The van der Waals surface area contributed by atoms with E-state index in [1.165, 1.54) is 0 Å². The van der Waals surface area contributed by atoms with Gasteiger partial charge in [0, 0.05) is 23.9 Å². The number of hydrogen-bond donors (Lipinski definition) is 0. The SMILES string of the molecule is CCCC(C)C(=O)c1cnccc1C. The second-order valence-electron chi connectivity index (χ2n) is 3.74. The van der Waals surface area contributed by atoms with Crippen molar-refractivity contribution in [1.29, 1.82) is 0 Å². The number of rotatable bonds is 4. The highest BCUT2D eigenvalue weighted by Gasteiger charge is 2.15. The van der Waals surface area contributed by atoms with Crippen molar-refractivity contribution in [3.8, 4) is 0 Å². The van der Waals surface area contributed by atoms with Crippen molar-refractivity contribution in [2.45, 2.75) is 33.6 Å². The molecule has 1 aromatic heterocycles. The van der Waals surface area contributed by atoms with Gasteiger partial charge in [-0.1, -0.05) is 20.3 Å². The number of carbonyl (C=O) groups is 1. The summed E-state index contributed by atoms with van der Waals surface area (Å²) < 4.78 is 0. The average molecular weight is 191 g/mol. The van der Waals surface area contributed by atoms with E-state index >= 15 is 0 Å². The molecule has 0 N–H and O–H groups in total. The first-order chi connectivity index (χ1) is 6.66. The van der Waals surface area contributed by atoms with Crippen LogP contribution in [0.25, 0.3) is 0 Å². The molecule has 0 aliphatic heterocycles. The van der Waals surface area contributed by atoms with E-state index in [0.29, 0.717) is 0 Å². The number of nitrogens with zero attached hydrogens (tertiary/aromatic N) is 1. The summed E-state index contributed by atoms with van der Waals surface area (Å²) in [5, 5.41) is 0. The standard InChI is InChI=1S/C12H17NO/c1-4-5-10(3)12(14)11-8-13-7-6-9(11)2/h6-8,10H,4-5H2,1-3H3. The number of hydrogen-bond acceptors (Lipinski definition) is 2. The summed E-state index contributed by atoms with van der Waals surface area (Å²) in [6.45, 7) is 6.03. The molecule has 1 heterocycles. The Morgan fingerprint density at radius 1 is 1.57 bits per heavy atom. The monoisotopic (exact) mass is 191 g/mol. The smallest absolute Gasteiger partial charge is 0.167 e. The maximum absolute atomic E-state index is 11.9. The van der Waals surface area contributed by atoms with Crippen LogP contribution in [0.1, 0.15) is 42.6 Å². The topological polar surface area (TPSA) is 30.0 Å². The fourth-order valence-electron chi connectivity index (χ4n) is 1.55. The number of carbonyl (C=O) groups excluding carboxylic acids is 1. The summed E-state index contributed by atoms with van der Waals surface area (Å²) in [5.41, 5.74) is 1.79. The molecule has 1 rings (SSSR count). The fraction of sp³-hybridized carbons (Fsp3) is 0.500. The lowest BCUT2D eigenvalue weighted by atomic mass is 9.94. The minimum Gasteiger partial charge on any atom is -0.294 e. The molecular formula is C12H17NO. The van der Waals surface area contributed by atoms with Gasteiger partial charge in [-0.2, -0.15) is 0 Å². The lowest BCUT2D eigenvalue weighted by Crippen LogP contribution is -2.12. The van der Waals surface area contributed by atoms with Crippen molar-refractivity contribution >= 4 is 5.78 Å². The molecule has 0 bridgehead atoms. The van der Waals surface area contributed by atoms with E-state index in [4.69, 9.17) is 0 Å². The van der Waals surface area contributed by atoms with Crippen molar-refractivity contribution in [1.82, 2.24) is 4.98 Å². The largest absolute Gasteiger partial charge is 0.294 e. The third kappa shape index (κ3) is 2.41. The molecule has 0 radical (unpaired) electrons. The second kappa shape index (κ2) is 4.89. The molecular weight excluding hydrogens is 174 g/mol. The zero-order chi connectivity index (χ0) is 10.6. The summed E-state index contributed by atoms with van der Waals surface area (Å²) in [7, 11) is 0. The molecule has 0 spiro atoms. The minimum absolute atomic E-state index is 0.114. The van der Waals surface area contributed by atoms with E-state index in [-0.39, 0.29) is 11.7 Å². The third-order valence-corrected chi connectivity index (χ3v) is 2.47. The Kier molecular flexibility index (Phi) is 3.81. The Morgan fingerprint density at radius 2 is 2.29 bits per heavy atom. The number of aryl methyl sites for hydroxylation is 1. The highest BCUT2D eigenvalue weighted by molar-refractivity contribution is 5.98. The maximum Gasteiger partial charge on any atom is 0.167 e. The molecule has 14 heavy (non-hydrogen) atoms. The highest BCUT2D eigenvalue weighted by atomic mass is 16.1. The first-order valence-electron chi connectivity index (χ1n) is 5.11. The van der Waals surface area contributed by atoms with E-state index in [1.807, 2.05) is 19.9 Å². The van der Waals surface area contributed by atoms with E-state index < -0.39 is 0 Å². The van der Waals surface area contributed by atoms with Crippen LogP contribution in [0.5, 0.6) is 0 Å². The van der Waals surface area contributed by atoms with Crippen molar-refractivity contribution in [3.63, 3.8) is 0 Å². The van der Waals surface area contributed by atoms with Crippen LogP contribution in [0.15, 0.2) is 18.5 Å². The Balaban J connectivity index is 2.84. The molecule has 2 heteroatoms. The van der Waals surface area contributed by atoms with Crippen LogP contribution >= 0.6 is 0 Å². The quantitative estimate of drug-likeness (QED) is 0.685. The summed E-state index contributed by atoms with van der Waals surface area (Å²) in [6.07, 6.45) is 5.39. The first kappa shape index (κ1) is 10.9.